The summed E-state index contributed by atoms with van der Waals surface area (Å²) in [6, 6.07) is 11.1. The molecule has 2 N–H and O–H groups in total. The topological polar surface area (TPSA) is 79.5 Å². The van der Waals surface area contributed by atoms with E-state index in [1.54, 1.807) is 18.3 Å². The van der Waals surface area contributed by atoms with Crippen molar-refractivity contribution in [2.75, 3.05) is 31.1 Å². The first kappa shape index (κ1) is 17.0. The van der Waals surface area contributed by atoms with Crippen molar-refractivity contribution in [1.29, 1.82) is 0 Å². The van der Waals surface area contributed by atoms with Gasteiger partial charge in [-0.2, -0.15) is 0 Å². The van der Waals surface area contributed by atoms with Gasteiger partial charge in [0.1, 0.15) is 5.82 Å². The number of piperazine rings is 1. The second-order valence-corrected chi connectivity index (χ2v) is 6.10. The van der Waals surface area contributed by atoms with Gasteiger partial charge in [0.15, 0.2) is 0 Å². The highest BCUT2D eigenvalue weighted by Crippen LogP contribution is 2.16. The number of aromatic nitrogens is 1. The minimum Gasteiger partial charge on any atom is -0.366 e. The van der Waals surface area contributed by atoms with Gasteiger partial charge in [-0.05, 0) is 36.2 Å². The Balaban J connectivity index is 1.64. The molecule has 130 valence electrons. The molecule has 25 heavy (non-hydrogen) atoms. The third kappa shape index (κ3) is 3.79. The van der Waals surface area contributed by atoms with Crippen molar-refractivity contribution in [3.63, 3.8) is 0 Å². The summed E-state index contributed by atoms with van der Waals surface area (Å²) in [6.07, 6.45) is 2.55. The molecule has 6 heteroatoms. The summed E-state index contributed by atoms with van der Waals surface area (Å²) in [5.41, 5.74) is 7.71. The number of anilines is 1. The fourth-order valence-corrected chi connectivity index (χ4v) is 2.95. The molecule has 3 rings (SSSR count). The van der Waals surface area contributed by atoms with Crippen LogP contribution < -0.4 is 10.6 Å². The number of hydrogen-bond acceptors (Lipinski definition) is 4. The molecule has 0 spiro atoms. The Morgan fingerprint density at radius 2 is 1.72 bits per heavy atom. The molecule has 0 atom stereocenters. The third-order valence-electron chi connectivity index (χ3n) is 4.53. The van der Waals surface area contributed by atoms with Gasteiger partial charge < -0.3 is 15.5 Å². The number of nitrogens with zero attached hydrogens (tertiary/aromatic N) is 3. The number of carbonyl (C=O) groups is 2. The van der Waals surface area contributed by atoms with Crippen molar-refractivity contribution in [3.05, 3.63) is 59.3 Å². The zero-order valence-electron chi connectivity index (χ0n) is 14.3. The molecule has 0 radical (unpaired) electrons. The van der Waals surface area contributed by atoms with Crippen LogP contribution in [0.25, 0.3) is 0 Å². The van der Waals surface area contributed by atoms with Crippen LogP contribution in [0.3, 0.4) is 0 Å². The van der Waals surface area contributed by atoms with E-state index in [0.717, 1.165) is 17.8 Å². The van der Waals surface area contributed by atoms with Crippen molar-refractivity contribution in [2.24, 2.45) is 5.73 Å². The maximum atomic E-state index is 12.6. The molecule has 1 aliphatic heterocycles. The van der Waals surface area contributed by atoms with E-state index in [1.807, 2.05) is 29.2 Å². The molecule has 1 aliphatic rings. The number of carbonyl (C=O) groups excluding carboxylic acids is 2. The Morgan fingerprint density at radius 3 is 2.32 bits per heavy atom. The van der Waals surface area contributed by atoms with Crippen molar-refractivity contribution in [1.82, 2.24) is 9.88 Å². The zero-order chi connectivity index (χ0) is 17.8. The molecule has 0 saturated carbocycles. The maximum absolute atomic E-state index is 12.6. The van der Waals surface area contributed by atoms with Gasteiger partial charge in [0.05, 0.1) is 0 Å². The number of primary amides is 1. The first-order valence-electron chi connectivity index (χ1n) is 8.47. The van der Waals surface area contributed by atoms with Gasteiger partial charge in [-0.15, -0.1) is 0 Å². The molecule has 0 bridgehead atoms. The van der Waals surface area contributed by atoms with Gasteiger partial charge in [0.2, 0.25) is 5.91 Å². The van der Waals surface area contributed by atoms with E-state index in [9.17, 15) is 9.59 Å². The normalized spacial score (nSPS) is 14.4. The molecular weight excluding hydrogens is 316 g/mol. The fourth-order valence-electron chi connectivity index (χ4n) is 2.95. The number of rotatable bonds is 4. The number of amides is 2. The lowest BCUT2D eigenvalue weighted by molar-refractivity contribution is 0.0746. The van der Waals surface area contributed by atoms with Gasteiger partial charge in [-0.1, -0.05) is 19.1 Å². The quantitative estimate of drug-likeness (QED) is 0.920. The van der Waals surface area contributed by atoms with Crippen LogP contribution in [0.1, 0.15) is 33.2 Å². The van der Waals surface area contributed by atoms with E-state index in [1.165, 1.54) is 5.56 Å². The molecule has 1 saturated heterocycles. The van der Waals surface area contributed by atoms with Crippen LogP contribution in [0.5, 0.6) is 0 Å². The second kappa shape index (κ2) is 7.34. The predicted octanol–water partition coefficient (Wildman–Crippen LogP) is 1.71. The monoisotopic (exact) mass is 338 g/mol. The molecule has 2 amide bonds. The highest BCUT2D eigenvalue weighted by Gasteiger charge is 2.23. The number of benzene rings is 1. The van der Waals surface area contributed by atoms with Gasteiger partial charge in [0.25, 0.3) is 5.91 Å². The summed E-state index contributed by atoms with van der Waals surface area (Å²) in [5, 5.41) is 0. The number of pyridine rings is 1. The average Bonchev–Trinajstić information content (AvgIpc) is 2.67. The maximum Gasteiger partial charge on any atom is 0.253 e. The molecule has 2 aromatic rings. The van der Waals surface area contributed by atoms with Crippen LogP contribution in [-0.2, 0) is 6.42 Å². The first-order chi connectivity index (χ1) is 12.1. The first-order valence-corrected chi connectivity index (χ1v) is 8.47. The molecule has 1 aromatic heterocycles. The lowest BCUT2D eigenvalue weighted by Gasteiger charge is -2.35. The Hall–Kier alpha value is -2.89. The van der Waals surface area contributed by atoms with Crippen LogP contribution in [0.2, 0.25) is 0 Å². The Morgan fingerprint density at radius 1 is 1.04 bits per heavy atom. The van der Waals surface area contributed by atoms with Crippen molar-refractivity contribution < 1.29 is 9.59 Å². The molecule has 0 aliphatic carbocycles. The molecule has 1 fully saturated rings. The van der Waals surface area contributed by atoms with E-state index >= 15 is 0 Å². The summed E-state index contributed by atoms with van der Waals surface area (Å²) >= 11 is 0. The lowest BCUT2D eigenvalue weighted by Crippen LogP contribution is -2.49. The summed E-state index contributed by atoms with van der Waals surface area (Å²) in [6.45, 7) is 4.69. The van der Waals surface area contributed by atoms with E-state index in [4.69, 9.17) is 5.73 Å². The molecule has 6 nitrogen and oxygen atoms in total. The zero-order valence-corrected chi connectivity index (χ0v) is 14.3. The number of hydrogen-bond donors (Lipinski definition) is 1. The number of nitrogens with two attached hydrogens (primary N) is 1. The average molecular weight is 338 g/mol. The van der Waals surface area contributed by atoms with Crippen LogP contribution in [0.4, 0.5) is 5.82 Å². The molecule has 2 heterocycles. The van der Waals surface area contributed by atoms with Crippen molar-refractivity contribution in [3.8, 4) is 0 Å². The van der Waals surface area contributed by atoms with E-state index in [0.29, 0.717) is 31.7 Å². The Bertz CT molecular complexity index is 765. The van der Waals surface area contributed by atoms with Gasteiger partial charge in [0, 0.05) is 43.5 Å². The summed E-state index contributed by atoms with van der Waals surface area (Å²) in [7, 11) is 0. The summed E-state index contributed by atoms with van der Waals surface area (Å²) in [5.74, 6) is 0.310. The summed E-state index contributed by atoms with van der Waals surface area (Å²) < 4.78 is 0. The van der Waals surface area contributed by atoms with E-state index in [2.05, 4.69) is 16.8 Å². The SMILES string of the molecule is CCc1ccc(C(=O)N2CCN(c3cc(C(N)=O)ccn3)CC2)cc1. The fraction of sp³-hybridized carbons (Fsp3) is 0.316. The lowest BCUT2D eigenvalue weighted by atomic mass is 10.1. The highest BCUT2D eigenvalue weighted by molar-refractivity contribution is 5.94. The highest BCUT2D eigenvalue weighted by atomic mass is 16.2. The van der Waals surface area contributed by atoms with Crippen LogP contribution in [-0.4, -0.2) is 47.9 Å². The van der Waals surface area contributed by atoms with Gasteiger partial charge in [-0.3, -0.25) is 9.59 Å². The molecule has 1 aromatic carbocycles. The van der Waals surface area contributed by atoms with E-state index < -0.39 is 5.91 Å². The Kier molecular flexibility index (Phi) is 4.97. The van der Waals surface area contributed by atoms with Crippen LogP contribution >= 0.6 is 0 Å². The van der Waals surface area contributed by atoms with Gasteiger partial charge >= 0.3 is 0 Å². The largest absolute Gasteiger partial charge is 0.366 e. The predicted molar refractivity (Wildman–Crippen MR) is 96.7 cm³/mol. The third-order valence-corrected chi connectivity index (χ3v) is 4.53. The van der Waals surface area contributed by atoms with Crippen LogP contribution in [0.15, 0.2) is 42.6 Å². The van der Waals surface area contributed by atoms with Crippen molar-refractivity contribution in [2.45, 2.75) is 13.3 Å². The van der Waals surface area contributed by atoms with Gasteiger partial charge in [-0.25, -0.2) is 4.98 Å². The second-order valence-electron chi connectivity index (χ2n) is 6.10. The van der Waals surface area contributed by atoms with E-state index in [-0.39, 0.29) is 5.91 Å². The number of aryl methyl sites for hydroxylation is 1. The minimum absolute atomic E-state index is 0.0566. The van der Waals surface area contributed by atoms with Crippen LogP contribution in [0, 0.1) is 0 Å². The minimum atomic E-state index is -0.465. The standard InChI is InChI=1S/C19H22N4O2/c1-2-14-3-5-15(6-4-14)19(25)23-11-9-22(10-12-23)17-13-16(18(20)24)7-8-21-17/h3-8,13H,2,9-12H2,1H3,(H2,20,24). The molecule has 0 unspecified atom stereocenters. The summed E-state index contributed by atoms with van der Waals surface area (Å²) in [4.78, 5) is 32.1. The van der Waals surface area contributed by atoms with Crippen molar-refractivity contribution >= 4 is 17.6 Å². The molecular formula is C19H22N4O2. The Labute approximate surface area is 147 Å². The smallest absolute Gasteiger partial charge is 0.253 e.